The van der Waals surface area contributed by atoms with Gasteiger partial charge in [0.1, 0.15) is 5.58 Å². The molecule has 3 aromatic rings. The molecule has 0 fully saturated rings. The molecule has 0 amide bonds. The molecule has 0 aliphatic heterocycles. The summed E-state index contributed by atoms with van der Waals surface area (Å²) >= 11 is 1.53. The van der Waals surface area contributed by atoms with Gasteiger partial charge in [0.25, 0.3) is 0 Å². The maximum atomic E-state index is 11.5. The molecule has 0 unspecified atom stereocenters. The smallest absolute Gasteiger partial charge is 0.223 e. The van der Waals surface area contributed by atoms with E-state index in [9.17, 15) is 4.79 Å². The van der Waals surface area contributed by atoms with E-state index in [1.807, 2.05) is 24.3 Å². The van der Waals surface area contributed by atoms with Crippen molar-refractivity contribution in [1.29, 1.82) is 0 Å². The third kappa shape index (κ3) is 0.930. The monoisotopic (exact) mass is 202 g/mol. The molecule has 0 saturated heterocycles. The van der Waals surface area contributed by atoms with E-state index in [0.717, 1.165) is 15.7 Å². The lowest BCUT2D eigenvalue weighted by atomic mass is 10.2. The van der Waals surface area contributed by atoms with E-state index in [2.05, 4.69) is 0 Å². The highest BCUT2D eigenvalue weighted by Crippen LogP contribution is 2.28. The lowest BCUT2D eigenvalue weighted by molar-refractivity contribution is 0.666. The summed E-state index contributed by atoms with van der Waals surface area (Å²) in [6.45, 7) is 0. The minimum atomic E-state index is -0.0463. The van der Waals surface area contributed by atoms with Crippen molar-refractivity contribution in [2.45, 2.75) is 0 Å². The first-order chi connectivity index (χ1) is 6.86. The SMILES string of the molecule is O=c1ccsc2c1oc1ccccc12. The molecular weight excluding hydrogens is 196 g/mol. The van der Waals surface area contributed by atoms with E-state index in [4.69, 9.17) is 4.42 Å². The number of hydrogen-bond acceptors (Lipinski definition) is 3. The number of para-hydroxylation sites is 1. The number of rotatable bonds is 0. The maximum absolute atomic E-state index is 11.5. The van der Waals surface area contributed by atoms with E-state index >= 15 is 0 Å². The second-order valence-electron chi connectivity index (χ2n) is 3.04. The van der Waals surface area contributed by atoms with Crippen LogP contribution in [0.1, 0.15) is 0 Å². The summed E-state index contributed by atoms with van der Waals surface area (Å²) in [5.74, 6) is 0. The van der Waals surface area contributed by atoms with Gasteiger partial charge in [-0.3, -0.25) is 4.79 Å². The van der Waals surface area contributed by atoms with Crippen LogP contribution in [0.2, 0.25) is 0 Å². The van der Waals surface area contributed by atoms with Gasteiger partial charge in [0.15, 0.2) is 5.58 Å². The van der Waals surface area contributed by atoms with E-state index in [1.54, 1.807) is 5.38 Å². The summed E-state index contributed by atoms with van der Waals surface area (Å²) in [5, 5.41) is 2.82. The average Bonchev–Trinajstić information content (AvgIpc) is 2.59. The van der Waals surface area contributed by atoms with Crippen molar-refractivity contribution in [3.63, 3.8) is 0 Å². The molecule has 2 aromatic heterocycles. The number of hydrogen-bond donors (Lipinski definition) is 0. The van der Waals surface area contributed by atoms with Crippen LogP contribution >= 0.6 is 11.3 Å². The molecule has 0 spiro atoms. The molecule has 0 bridgehead atoms. The van der Waals surface area contributed by atoms with Crippen LogP contribution in [0.15, 0.2) is 44.9 Å². The van der Waals surface area contributed by atoms with Gasteiger partial charge in [-0.15, -0.1) is 11.3 Å². The molecule has 3 heteroatoms. The molecule has 0 aliphatic rings. The van der Waals surface area contributed by atoms with Crippen LogP contribution in [0.5, 0.6) is 0 Å². The van der Waals surface area contributed by atoms with Gasteiger partial charge in [-0.25, -0.2) is 0 Å². The van der Waals surface area contributed by atoms with E-state index in [1.165, 1.54) is 17.4 Å². The molecule has 68 valence electrons. The van der Waals surface area contributed by atoms with Crippen molar-refractivity contribution in [3.05, 3.63) is 45.9 Å². The fourth-order valence-electron chi connectivity index (χ4n) is 1.54. The van der Waals surface area contributed by atoms with Crippen LogP contribution in [0.25, 0.3) is 21.3 Å². The first kappa shape index (κ1) is 7.76. The lowest BCUT2D eigenvalue weighted by Crippen LogP contribution is -1.93. The van der Waals surface area contributed by atoms with Crippen LogP contribution in [0.3, 0.4) is 0 Å². The Hall–Kier alpha value is -1.61. The average molecular weight is 202 g/mol. The van der Waals surface area contributed by atoms with Crippen molar-refractivity contribution in [2.75, 3.05) is 0 Å². The third-order valence-electron chi connectivity index (χ3n) is 2.18. The lowest BCUT2D eigenvalue weighted by Gasteiger charge is -1.84. The molecule has 2 nitrogen and oxygen atoms in total. The fourth-order valence-corrected chi connectivity index (χ4v) is 2.41. The Morgan fingerprint density at radius 1 is 1.14 bits per heavy atom. The highest BCUT2D eigenvalue weighted by Gasteiger charge is 2.08. The summed E-state index contributed by atoms with van der Waals surface area (Å²) in [4.78, 5) is 11.5. The molecule has 0 radical (unpaired) electrons. The summed E-state index contributed by atoms with van der Waals surface area (Å²) in [7, 11) is 0. The molecule has 0 atom stereocenters. The van der Waals surface area contributed by atoms with Crippen molar-refractivity contribution in [2.24, 2.45) is 0 Å². The van der Waals surface area contributed by atoms with Crippen LogP contribution in [0, 0.1) is 0 Å². The fraction of sp³-hybridized carbons (Fsp3) is 0. The van der Waals surface area contributed by atoms with Gasteiger partial charge >= 0.3 is 0 Å². The summed E-state index contributed by atoms with van der Waals surface area (Å²) in [6, 6.07) is 9.23. The Bertz CT molecular complexity index is 663. The Balaban J connectivity index is 2.70. The second kappa shape index (κ2) is 2.69. The zero-order chi connectivity index (χ0) is 9.54. The standard InChI is InChI=1S/C11H6O2S/c12-8-5-6-14-11-7-3-1-2-4-9(7)13-10(8)11/h1-6H. The molecule has 2 heterocycles. The van der Waals surface area contributed by atoms with Crippen molar-refractivity contribution in [3.8, 4) is 0 Å². The second-order valence-corrected chi connectivity index (χ2v) is 3.96. The predicted molar refractivity (Wildman–Crippen MR) is 57.9 cm³/mol. The van der Waals surface area contributed by atoms with Crippen LogP contribution in [0.4, 0.5) is 0 Å². The van der Waals surface area contributed by atoms with E-state index < -0.39 is 0 Å². The molecular formula is C11H6O2S. The van der Waals surface area contributed by atoms with E-state index in [-0.39, 0.29) is 5.43 Å². The van der Waals surface area contributed by atoms with Gasteiger partial charge < -0.3 is 4.42 Å². The van der Waals surface area contributed by atoms with Crippen LogP contribution in [-0.4, -0.2) is 0 Å². The minimum absolute atomic E-state index is 0.0463. The molecule has 3 rings (SSSR count). The highest BCUT2D eigenvalue weighted by molar-refractivity contribution is 7.17. The number of fused-ring (bicyclic) bond motifs is 3. The molecule has 0 saturated carbocycles. The van der Waals surface area contributed by atoms with Gasteiger partial charge in [0.2, 0.25) is 5.43 Å². The third-order valence-corrected chi connectivity index (χ3v) is 3.09. The van der Waals surface area contributed by atoms with Gasteiger partial charge in [0.05, 0.1) is 4.70 Å². The number of benzene rings is 1. The molecule has 0 N–H and O–H groups in total. The van der Waals surface area contributed by atoms with Crippen molar-refractivity contribution in [1.82, 2.24) is 0 Å². The van der Waals surface area contributed by atoms with Crippen LogP contribution in [-0.2, 0) is 0 Å². The van der Waals surface area contributed by atoms with Crippen molar-refractivity contribution >= 4 is 32.6 Å². The Labute approximate surface area is 83.4 Å². The van der Waals surface area contributed by atoms with Gasteiger partial charge in [-0.1, -0.05) is 12.1 Å². The summed E-state index contributed by atoms with van der Waals surface area (Å²) in [6.07, 6.45) is 0. The Kier molecular flexibility index (Phi) is 1.49. The topological polar surface area (TPSA) is 30.2 Å². The van der Waals surface area contributed by atoms with Gasteiger partial charge in [-0.2, -0.15) is 0 Å². The maximum Gasteiger partial charge on any atom is 0.223 e. The molecule has 14 heavy (non-hydrogen) atoms. The zero-order valence-corrected chi connectivity index (χ0v) is 8.01. The largest absolute Gasteiger partial charge is 0.451 e. The van der Waals surface area contributed by atoms with Crippen LogP contribution < -0.4 is 5.43 Å². The summed E-state index contributed by atoms with van der Waals surface area (Å²) < 4.78 is 6.42. The van der Waals surface area contributed by atoms with Gasteiger partial charge in [-0.05, 0) is 23.6 Å². The van der Waals surface area contributed by atoms with Gasteiger partial charge in [0, 0.05) is 5.39 Å². The molecule has 1 aromatic carbocycles. The first-order valence-electron chi connectivity index (χ1n) is 4.25. The number of furan rings is 1. The minimum Gasteiger partial charge on any atom is -0.451 e. The molecule has 0 aliphatic carbocycles. The highest BCUT2D eigenvalue weighted by atomic mass is 32.1. The predicted octanol–water partition coefficient (Wildman–Crippen LogP) is 3.01. The normalized spacial score (nSPS) is 11.1. The quantitative estimate of drug-likeness (QED) is 0.561. The Morgan fingerprint density at radius 3 is 2.93 bits per heavy atom. The zero-order valence-electron chi connectivity index (χ0n) is 7.19. The van der Waals surface area contributed by atoms with E-state index in [0.29, 0.717) is 5.58 Å². The summed E-state index contributed by atoms with van der Waals surface area (Å²) in [5.41, 5.74) is 1.20. The van der Waals surface area contributed by atoms with Crippen molar-refractivity contribution < 1.29 is 4.42 Å². The first-order valence-corrected chi connectivity index (χ1v) is 5.13. The Morgan fingerprint density at radius 2 is 2.00 bits per heavy atom.